The first kappa shape index (κ1) is 16.7. The van der Waals surface area contributed by atoms with Gasteiger partial charge >= 0.3 is 0 Å². The molecule has 2 rings (SSSR count). The number of ether oxygens (including phenoxy) is 1. The normalized spacial score (nSPS) is 10.8. The summed E-state index contributed by atoms with van der Waals surface area (Å²) in [6.07, 6.45) is 2.08. The topological polar surface area (TPSA) is 9.23 Å². The third-order valence-electron chi connectivity index (χ3n) is 3.48. The molecule has 1 nitrogen and oxygen atoms in total. The minimum atomic E-state index is 0.672. The Kier molecular flexibility index (Phi) is 7.48. The fraction of sp³-hybridized carbons (Fsp3) is 0.333. The molecule has 21 heavy (non-hydrogen) atoms. The van der Waals surface area contributed by atoms with Crippen LogP contribution in [0.2, 0.25) is 0 Å². The second-order valence-corrected chi connectivity index (χ2v) is 6.49. The lowest BCUT2D eigenvalue weighted by Crippen LogP contribution is -2.01. The van der Waals surface area contributed by atoms with E-state index in [4.69, 9.17) is 4.74 Å². The molecule has 0 amide bonds. The molecule has 0 unspecified atom stereocenters. The molecular weight excluding hydrogens is 392 g/mol. The largest absolute Gasteiger partial charge is 0.372 e. The number of halogens is 2. The molecule has 0 aliphatic heterocycles. The third kappa shape index (κ3) is 5.24. The first-order valence-corrected chi connectivity index (χ1v) is 9.42. The van der Waals surface area contributed by atoms with Crippen LogP contribution in [0.5, 0.6) is 0 Å². The Morgan fingerprint density at radius 2 is 1.00 bits per heavy atom. The number of aryl methyl sites for hydroxylation is 2. The second kappa shape index (κ2) is 9.39. The first-order valence-electron chi connectivity index (χ1n) is 7.18. The van der Waals surface area contributed by atoms with Gasteiger partial charge in [0.05, 0.1) is 13.2 Å². The van der Waals surface area contributed by atoms with E-state index < -0.39 is 0 Å². The van der Waals surface area contributed by atoms with E-state index >= 15 is 0 Å². The van der Waals surface area contributed by atoms with E-state index in [0.29, 0.717) is 13.2 Å². The van der Waals surface area contributed by atoms with Gasteiger partial charge in [0.1, 0.15) is 0 Å². The maximum absolute atomic E-state index is 5.95. The van der Waals surface area contributed by atoms with E-state index in [-0.39, 0.29) is 0 Å². The fourth-order valence-corrected chi connectivity index (χ4v) is 3.21. The Morgan fingerprint density at radius 3 is 1.38 bits per heavy atom. The number of hydrogen-bond donors (Lipinski definition) is 0. The molecule has 0 heterocycles. The molecule has 0 saturated heterocycles. The molecule has 2 aromatic carbocycles. The number of alkyl halides is 2. The average molecular weight is 412 g/mol. The standard InChI is InChI=1S/C18H20Br2O/c19-11-9-15-5-1-3-7-17(15)13-21-14-18-8-4-2-6-16(18)10-12-20/h1-8H,9-14H2. The summed E-state index contributed by atoms with van der Waals surface area (Å²) in [7, 11) is 0. The summed E-state index contributed by atoms with van der Waals surface area (Å²) in [5, 5.41) is 1.97. The van der Waals surface area contributed by atoms with Crippen molar-refractivity contribution in [2.24, 2.45) is 0 Å². The van der Waals surface area contributed by atoms with Crippen LogP contribution in [0, 0.1) is 0 Å². The van der Waals surface area contributed by atoms with E-state index in [0.717, 1.165) is 23.5 Å². The van der Waals surface area contributed by atoms with Crippen molar-refractivity contribution in [2.75, 3.05) is 10.7 Å². The zero-order valence-corrected chi connectivity index (χ0v) is 15.2. The van der Waals surface area contributed by atoms with E-state index in [1.165, 1.54) is 22.3 Å². The Labute approximate surface area is 144 Å². The zero-order valence-electron chi connectivity index (χ0n) is 12.0. The van der Waals surface area contributed by atoms with E-state index in [1.54, 1.807) is 0 Å². The molecule has 3 heteroatoms. The van der Waals surface area contributed by atoms with Gasteiger partial charge in [-0.05, 0) is 35.1 Å². The smallest absolute Gasteiger partial charge is 0.0724 e. The lowest BCUT2D eigenvalue weighted by molar-refractivity contribution is 0.106. The zero-order chi connectivity index (χ0) is 14.9. The van der Waals surface area contributed by atoms with Crippen molar-refractivity contribution in [3.63, 3.8) is 0 Å². The lowest BCUT2D eigenvalue weighted by atomic mass is 10.1. The maximum Gasteiger partial charge on any atom is 0.0724 e. The van der Waals surface area contributed by atoms with Gasteiger partial charge in [-0.2, -0.15) is 0 Å². The third-order valence-corrected chi connectivity index (χ3v) is 4.27. The molecule has 0 atom stereocenters. The van der Waals surface area contributed by atoms with Crippen molar-refractivity contribution in [3.8, 4) is 0 Å². The summed E-state index contributed by atoms with van der Waals surface area (Å²) in [6.45, 7) is 1.34. The number of rotatable bonds is 8. The predicted octanol–water partition coefficient (Wildman–Crippen LogP) is 5.28. The van der Waals surface area contributed by atoms with Crippen molar-refractivity contribution >= 4 is 31.9 Å². The highest BCUT2D eigenvalue weighted by atomic mass is 79.9. The van der Waals surface area contributed by atoms with Crippen LogP contribution in [0.1, 0.15) is 22.3 Å². The highest BCUT2D eigenvalue weighted by Gasteiger charge is 2.04. The van der Waals surface area contributed by atoms with E-state index in [1.807, 2.05) is 0 Å². The van der Waals surface area contributed by atoms with Crippen molar-refractivity contribution in [2.45, 2.75) is 26.1 Å². The minimum Gasteiger partial charge on any atom is -0.372 e. The molecule has 0 aliphatic rings. The van der Waals surface area contributed by atoms with Crippen LogP contribution < -0.4 is 0 Å². The maximum atomic E-state index is 5.95. The summed E-state index contributed by atoms with van der Waals surface area (Å²) < 4.78 is 5.95. The van der Waals surface area contributed by atoms with Gasteiger partial charge in [-0.1, -0.05) is 80.4 Å². The van der Waals surface area contributed by atoms with E-state index in [2.05, 4.69) is 80.4 Å². The van der Waals surface area contributed by atoms with Gasteiger partial charge in [-0.15, -0.1) is 0 Å². The number of hydrogen-bond acceptors (Lipinski definition) is 1. The predicted molar refractivity (Wildman–Crippen MR) is 96.4 cm³/mol. The molecule has 2 aromatic rings. The molecule has 0 N–H and O–H groups in total. The quantitative estimate of drug-likeness (QED) is 0.537. The second-order valence-electron chi connectivity index (χ2n) is 4.91. The van der Waals surface area contributed by atoms with Crippen LogP contribution in [0.3, 0.4) is 0 Å². The molecule has 0 aromatic heterocycles. The Bertz CT molecular complexity index is 505. The van der Waals surface area contributed by atoms with Crippen molar-refractivity contribution in [3.05, 3.63) is 70.8 Å². The lowest BCUT2D eigenvalue weighted by Gasteiger charge is -2.11. The highest BCUT2D eigenvalue weighted by Crippen LogP contribution is 2.15. The summed E-state index contributed by atoms with van der Waals surface area (Å²) in [5.74, 6) is 0. The Balaban J connectivity index is 1.95. The molecule has 0 fully saturated rings. The molecule has 0 saturated carbocycles. The average Bonchev–Trinajstić information content (AvgIpc) is 2.51. The van der Waals surface area contributed by atoms with Crippen molar-refractivity contribution < 1.29 is 4.74 Å². The minimum absolute atomic E-state index is 0.672. The SMILES string of the molecule is BrCCc1ccccc1COCc1ccccc1CCBr. The van der Waals surface area contributed by atoms with Gasteiger partial charge in [0.15, 0.2) is 0 Å². The summed E-state index contributed by atoms with van der Waals surface area (Å²) in [6, 6.07) is 17.0. The highest BCUT2D eigenvalue weighted by molar-refractivity contribution is 9.09. The molecule has 0 bridgehead atoms. The monoisotopic (exact) mass is 410 g/mol. The van der Waals surface area contributed by atoms with Gasteiger partial charge in [0.25, 0.3) is 0 Å². The van der Waals surface area contributed by atoms with Crippen molar-refractivity contribution in [1.29, 1.82) is 0 Å². The Morgan fingerprint density at radius 1 is 0.619 bits per heavy atom. The van der Waals surface area contributed by atoms with Gasteiger partial charge in [-0.3, -0.25) is 0 Å². The van der Waals surface area contributed by atoms with Gasteiger partial charge in [0, 0.05) is 10.7 Å². The van der Waals surface area contributed by atoms with Crippen LogP contribution >= 0.6 is 31.9 Å². The molecular formula is C18H20Br2O. The van der Waals surface area contributed by atoms with Crippen LogP contribution in [0.4, 0.5) is 0 Å². The van der Waals surface area contributed by atoms with Crippen LogP contribution in [0.15, 0.2) is 48.5 Å². The molecule has 0 spiro atoms. The van der Waals surface area contributed by atoms with Gasteiger partial charge < -0.3 is 4.74 Å². The molecule has 0 radical (unpaired) electrons. The first-order chi connectivity index (χ1) is 10.3. The summed E-state index contributed by atoms with van der Waals surface area (Å²) in [4.78, 5) is 0. The molecule has 112 valence electrons. The van der Waals surface area contributed by atoms with E-state index in [9.17, 15) is 0 Å². The summed E-state index contributed by atoms with van der Waals surface area (Å²) >= 11 is 7.01. The van der Waals surface area contributed by atoms with Crippen LogP contribution in [0.25, 0.3) is 0 Å². The van der Waals surface area contributed by atoms with Gasteiger partial charge in [0.2, 0.25) is 0 Å². The van der Waals surface area contributed by atoms with Gasteiger partial charge in [-0.25, -0.2) is 0 Å². The summed E-state index contributed by atoms with van der Waals surface area (Å²) in [5.41, 5.74) is 5.30. The Hall–Kier alpha value is -0.640. The van der Waals surface area contributed by atoms with Crippen molar-refractivity contribution in [1.82, 2.24) is 0 Å². The molecule has 0 aliphatic carbocycles. The number of benzene rings is 2. The van der Waals surface area contributed by atoms with Crippen LogP contribution in [-0.2, 0) is 30.8 Å². The fourth-order valence-electron chi connectivity index (χ4n) is 2.36. The van der Waals surface area contributed by atoms with Crippen LogP contribution in [-0.4, -0.2) is 10.7 Å².